The Morgan fingerprint density at radius 1 is 0.723 bits per heavy atom. The summed E-state index contributed by atoms with van der Waals surface area (Å²) >= 11 is 5.56. The lowest BCUT2D eigenvalue weighted by Gasteiger charge is -2.38. The molecule has 1 atom stereocenters. The first-order valence-corrected chi connectivity index (χ1v) is 16.9. The molecule has 0 aromatic heterocycles. The first kappa shape index (κ1) is 38.1. The highest BCUT2D eigenvalue weighted by Crippen LogP contribution is 2.27. The van der Waals surface area contributed by atoms with Gasteiger partial charge in [0.1, 0.15) is 0 Å². The molecule has 3 rings (SSSR count). The molecule has 262 valence electrons. The molecule has 0 spiro atoms. The SMILES string of the molecule is CC1CCC(CNC(=S)Nc2ccc(CC3CN(CC(N)=O)CCN(CC(N)=O)CCN(CC(N)=O)CCN3CC(N)=O)cc2)CC1. The van der Waals surface area contributed by atoms with Crippen LogP contribution in [0.2, 0.25) is 0 Å². The predicted molar refractivity (Wildman–Crippen MR) is 187 cm³/mol. The maximum Gasteiger partial charge on any atom is 0.231 e. The van der Waals surface area contributed by atoms with Gasteiger partial charge in [-0.3, -0.25) is 38.8 Å². The van der Waals surface area contributed by atoms with E-state index in [-0.39, 0.29) is 32.2 Å². The Kier molecular flexibility index (Phi) is 15.8. The summed E-state index contributed by atoms with van der Waals surface area (Å²) in [5.74, 6) is -0.462. The number of hydrogen-bond donors (Lipinski definition) is 6. The van der Waals surface area contributed by atoms with E-state index < -0.39 is 23.6 Å². The third kappa shape index (κ3) is 14.9. The van der Waals surface area contributed by atoms with Crippen LogP contribution in [0.25, 0.3) is 0 Å². The lowest BCUT2D eigenvalue weighted by molar-refractivity contribution is -0.122. The van der Waals surface area contributed by atoms with Gasteiger partial charge in [0.25, 0.3) is 0 Å². The van der Waals surface area contributed by atoms with Crippen LogP contribution in [-0.2, 0) is 25.6 Å². The Labute approximate surface area is 283 Å². The van der Waals surface area contributed by atoms with Crippen LogP contribution < -0.4 is 33.6 Å². The van der Waals surface area contributed by atoms with Crippen LogP contribution in [0.1, 0.15) is 38.2 Å². The van der Waals surface area contributed by atoms with Gasteiger partial charge in [-0.1, -0.05) is 31.9 Å². The van der Waals surface area contributed by atoms with Gasteiger partial charge in [-0.05, 0) is 61.0 Å². The second kappa shape index (κ2) is 19.5. The number of amides is 4. The summed E-state index contributed by atoms with van der Waals surface area (Å²) in [6, 6.07) is 7.73. The van der Waals surface area contributed by atoms with Gasteiger partial charge in [-0.2, -0.15) is 0 Å². The summed E-state index contributed by atoms with van der Waals surface area (Å²) in [6.45, 7) is 6.28. The highest BCUT2D eigenvalue weighted by atomic mass is 32.1. The molecule has 1 saturated carbocycles. The first-order chi connectivity index (χ1) is 22.4. The molecule has 4 amide bonds. The van der Waals surface area contributed by atoms with E-state index in [9.17, 15) is 19.2 Å². The highest BCUT2D eigenvalue weighted by molar-refractivity contribution is 7.80. The van der Waals surface area contributed by atoms with Crippen LogP contribution in [-0.4, -0.2) is 133 Å². The highest BCUT2D eigenvalue weighted by Gasteiger charge is 2.27. The number of hydrogen-bond acceptors (Lipinski definition) is 9. The summed E-state index contributed by atoms with van der Waals surface area (Å²) in [6.07, 6.45) is 5.54. The molecular weight excluding hydrogens is 620 g/mol. The number of nitrogens with two attached hydrogens (primary N) is 4. The minimum atomic E-state index is -0.485. The van der Waals surface area contributed by atoms with Gasteiger partial charge >= 0.3 is 0 Å². The third-order valence-corrected chi connectivity index (χ3v) is 9.27. The minimum absolute atomic E-state index is 0.00626. The summed E-state index contributed by atoms with van der Waals surface area (Å²) < 4.78 is 0. The van der Waals surface area contributed by atoms with E-state index in [1.165, 1.54) is 25.7 Å². The Morgan fingerprint density at radius 3 is 1.74 bits per heavy atom. The average Bonchev–Trinajstić information content (AvgIpc) is 2.99. The van der Waals surface area contributed by atoms with Crippen molar-refractivity contribution < 1.29 is 19.2 Å². The number of carbonyl (C=O) groups is 4. The molecule has 1 unspecified atom stereocenters. The van der Waals surface area contributed by atoms with Gasteiger partial charge in [-0.15, -0.1) is 0 Å². The zero-order valence-electron chi connectivity index (χ0n) is 27.7. The molecule has 1 heterocycles. The molecule has 1 aliphatic carbocycles. The normalized spacial score (nSPS) is 22.8. The molecule has 1 aliphatic heterocycles. The summed E-state index contributed by atoms with van der Waals surface area (Å²) in [4.78, 5) is 55.7. The molecule has 1 aromatic rings. The topological polar surface area (TPSA) is 209 Å². The van der Waals surface area contributed by atoms with Crippen molar-refractivity contribution in [2.45, 2.75) is 45.1 Å². The number of primary amides is 4. The van der Waals surface area contributed by atoms with Crippen LogP contribution in [0.4, 0.5) is 5.69 Å². The maximum absolute atomic E-state index is 12.2. The molecule has 2 aliphatic rings. The molecule has 47 heavy (non-hydrogen) atoms. The van der Waals surface area contributed by atoms with Crippen LogP contribution in [0, 0.1) is 11.8 Å². The zero-order chi connectivity index (χ0) is 34.3. The van der Waals surface area contributed by atoms with Crippen molar-refractivity contribution in [2.24, 2.45) is 34.8 Å². The largest absolute Gasteiger partial charge is 0.369 e. The Hall–Kier alpha value is -3.37. The van der Waals surface area contributed by atoms with Crippen LogP contribution >= 0.6 is 12.2 Å². The van der Waals surface area contributed by atoms with E-state index in [0.29, 0.717) is 63.3 Å². The lowest BCUT2D eigenvalue weighted by atomic mass is 9.83. The van der Waals surface area contributed by atoms with Crippen molar-refractivity contribution in [2.75, 3.05) is 83.9 Å². The summed E-state index contributed by atoms with van der Waals surface area (Å²) in [5.41, 5.74) is 24.3. The quantitative estimate of drug-likeness (QED) is 0.138. The molecule has 1 aromatic carbocycles. The van der Waals surface area contributed by atoms with Gasteiger partial charge < -0.3 is 33.6 Å². The minimum Gasteiger partial charge on any atom is -0.369 e. The Bertz CT molecular complexity index is 1190. The number of thiocarbonyl (C=S) groups is 1. The Balaban J connectivity index is 1.76. The Morgan fingerprint density at radius 2 is 1.21 bits per heavy atom. The molecule has 1 saturated heterocycles. The molecule has 2 fully saturated rings. The second-order valence-electron chi connectivity index (χ2n) is 13.1. The van der Waals surface area contributed by atoms with E-state index in [1.54, 1.807) is 0 Å². The van der Waals surface area contributed by atoms with Crippen LogP contribution in [0.15, 0.2) is 24.3 Å². The fourth-order valence-electron chi connectivity index (χ4n) is 6.41. The fraction of sp³-hybridized carbons (Fsp3) is 0.656. The number of anilines is 1. The lowest BCUT2D eigenvalue weighted by Crippen LogP contribution is -2.54. The van der Waals surface area contributed by atoms with Crippen LogP contribution in [0.3, 0.4) is 0 Å². The standard InChI is InChI=1S/C32H54N10O4S/c1-23-2-4-25(5-3-23)17-37-32(47)38-26-8-6-24(7-9-26)16-27-18-41(21-30(35)45)13-12-39(19-28(33)43)10-11-40(20-29(34)44)14-15-42(27)22-31(36)46/h6-9,23,25,27H,2-5,10-22H2,1H3,(H2,33,43)(H2,34,44)(H2,35,45)(H2,36,46)(H2,37,38,47). The van der Waals surface area contributed by atoms with Gasteiger partial charge in [0.2, 0.25) is 23.6 Å². The molecule has 0 bridgehead atoms. The predicted octanol–water partition coefficient (Wildman–Crippen LogP) is -1.13. The molecule has 14 nitrogen and oxygen atoms in total. The van der Waals surface area contributed by atoms with Gasteiger partial charge in [0, 0.05) is 64.1 Å². The molecule has 15 heteroatoms. The van der Waals surface area contributed by atoms with Crippen molar-refractivity contribution in [1.82, 2.24) is 24.9 Å². The fourth-order valence-corrected chi connectivity index (χ4v) is 6.61. The van der Waals surface area contributed by atoms with Gasteiger partial charge in [0.05, 0.1) is 26.2 Å². The number of nitrogens with zero attached hydrogens (tertiary/aromatic N) is 4. The third-order valence-electron chi connectivity index (χ3n) is 9.02. The number of carbonyl (C=O) groups excluding carboxylic acids is 4. The molecular formula is C32H54N10O4S. The van der Waals surface area contributed by atoms with Crippen molar-refractivity contribution in [3.8, 4) is 0 Å². The van der Waals surface area contributed by atoms with E-state index in [2.05, 4.69) is 17.6 Å². The van der Waals surface area contributed by atoms with E-state index in [1.807, 2.05) is 43.9 Å². The van der Waals surface area contributed by atoms with Crippen molar-refractivity contribution >= 4 is 46.6 Å². The molecule has 10 N–H and O–H groups in total. The first-order valence-electron chi connectivity index (χ1n) is 16.5. The van der Waals surface area contributed by atoms with E-state index >= 15 is 0 Å². The number of benzene rings is 1. The van der Waals surface area contributed by atoms with Crippen molar-refractivity contribution in [1.29, 1.82) is 0 Å². The van der Waals surface area contributed by atoms with E-state index in [0.717, 1.165) is 23.7 Å². The molecule has 0 radical (unpaired) electrons. The van der Waals surface area contributed by atoms with E-state index in [4.69, 9.17) is 35.2 Å². The maximum atomic E-state index is 12.2. The van der Waals surface area contributed by atoms with Gasteiger partial charge in [-0.25, -0.2) is 0 Å². The average molecular weight is 675 g/mol. The van der Waals surface area contributed by atoms with Crippen LogP contribution in [0.5, 0.6) is 0 Å². The summed E-state index contributed by atoms with van der Waals surface area (Å²) in [5, 5.41) is 7.24. The zero-order valence-corrected chi connectivity index (χ0v) is 28.5. The van der Waals surface area contributed by atoms with Crippen molar-refractivity contribution in [3.63, 3.8) is 0 Å². The smallest absolute Gasteiger partial charge is 0.231 e. The summed E-state index contributed by atoms with van der Waals surface area (Å²) in [7, 11) is 0. The second-order valence-corrected chi connectivity index (χ2v) is 13.5. The van der Waals surface area contributed by atoms with Crippen molar-refractivity contribution in [3.05, 3.63) is 29.8 Å². The monoisotopic (exact) mass is 674 g/mol. The number of rotatable bonds is 13. The number of nitrogens with one attached hydrogen (secondary N) is 2. The van der Waals surface area contributed by atoms with Gasteiger partial charge in [0.15, 0.2) is 5.11 Å².